The van der Waals surface area contributed by atoms with Crippen LogP contribution in [0.1, 0.15) is 30.6 Å². The van der Waals surface area contributed by atoms with E-state index in [-0.39, 0.29) is 18.4 Å². The summed E-state index contributed by atoms with van der Waals surface area (Å²) in [4.78, 5) is 24.7. The maximum Gasteiger partial charge on any atom is 0.305 e. The standard InChI is InChI=1S/C13H16INO3/c1-3-15(9(2)8-12(16)17)13(18)10-6-4-5-7-11(10)14/h4-7,9H,3,8H2,1-2H3,(H,16,17). The Labute approximate surface area is 120 Å². The van der Waals surface area contributed by atoms with Gasteiger partial charge in [0.05, 0.1) is 12.0 Å². The normalized spacial score (nSPS) is 11.9. The van der Waals surface area contributed by atoms with Crippen molar-refractivity contribution in [1.82, 2.24) is 4.90 Å². The summed E-state index contributed by atoms with van der Waals surface area (Å²) in [6.07, 6.45) is -0.0387. The maximum atomic E-state index is 12.3. The summed E-state index contributed by atoms with van der Waals surface area (Å²) in [7, 11) is 0. The first-order valence-corrected chi connectivity index (χ1v) is 6.82. The van der Waals surface area contributed by atoms with Gasteiger partial charge in [0, 0.05) is 16.2 Å². The quantitative estimate of drug-likeness (QED) is 0.821. The average molecular weight is 361 g/mol. The van der Waals surface area contributed by atoms with Crippen LogP contribution in [0.2, 0.25) is 0 Å². The molecule has 0 radical (unpaired) electrons. The largest absolute Gasteiger partial charge is 0.481 e. The number of nitrogens with zero attached hydrogens (tertiary/aromatic N) is 1. The Balaban J connectivity index is 2.92. The van der Waals surface area contributed by atoms with Crippen molar-refractivity contribution in [3.05, 3.63) is 33.4 Å². The van der Waals surface area contributed by atoms with Gasteiger partial charge in [0.15, 0.2) is 0 Å². The van der Waals surface area contributed by atoms with E-state index in [2.05, 4.69) is 22.6 Å². The van der Waals surface area contributed by atoms with Gasteiger partial charge in [-0.1, -0.05) is 12.1 Å². The number of benzene rings is 1. The maximum absolute atomic E-state index is 12.3. The number of carbonyl (C=O) groups is 2. The fourth-order valence-corrected chi connectivity index (χ4v) is 2.43. The number of amides is 1. The Kier molecular flexibility index (Phi) is 5.58. The SMILES string of the molecule is CCN(C(=O)c1ccccc1I)C(C)CC(=O)O. The van der Waals surface area contributed by atoms with Gasteiger partial charge >= 0.3 is 5.97 Å². The van der Waals surface area contributed by atoms with Crippen LogP contribution in [-0.4, -0.2) is 34.5 Å². The van der Waals surface area contributed by atoms with Crippen LogP contribution in [0, 0.1) is 3.57 Å². The Hall–Kier alpha value is -1.11. The molecule has 0 aliphatic heterocycles. The zero-order valence-corrected chi connectivity index (χ0v) is 12.5. The van der Waals surface area contributed by atoms with Gasteiger partial charge in [0.1, 0.15) is 0 Å². The summed E-state index contributed by atoms with van der Waals surface area (Å²) in [5.41, 5.74) is 0.622. The number of carbonyl (C=O) groups excluding carboxylic acids is 1. The van der Waals surface area contributed by atoms with Crippen LogP contribution < -0.4 is 0 Å². The molecule has 1 unspecified atom stereocenters. The predicted octanol–water partition coefficient (Wildman–Crippen LogP) is 2.62. The third-order valence-corrected chi connectivity index (χ3v) is 3.65. The van der Waals surface area contributed by atoms with Crippen molar-refractivity contribution < 1.29 is 14.7 Å². The lowest BCUT2D eigenvalue weighted by Crippen LogP contribution is -2.40. The summed E-state index contributed by atoms with van der Waals surface area (Å²) >= 11 is 2.11. The fourth-order valence-electron chi connectivity index (χ4n) is 1.81. The van der Waals surface area contributed by atoms with Crippen molar-refractivity contribution >= 4 is 34.5 Å². The molecule has 0 fully saturated rings. The van der Waals surface area contributed by atoms with Gasteiger partial charge in [-0.3, -0.25) is 9.59 Å². The van der Waals surface area contributed by atoms with E-state index >= 15 is 0 Å². The van der Waals surface area contributed by atoms with Crippen LogP contribution in [0.25, 0.3) is 0 Å². The number of halogens is 1. The van der Waals surface area contributed by atoms with Crippen molar-refractivity contribution in [3.8, 4) is 0 Å². The molecule has 0 aromatic heterocycles. The van der Waals surface area contributed by atoms with Crippen LogP contribution in [0.4, 0.5) is 0 Å². The summed E-state index contributed by atoms with van der Waals surface area (Å²) in [6.45, 7) is 4.11. The first-order chi connectivity index (χ1) is 8.47. The molecule has 5 heteroatoms. The molecule has 0 bridgehead atoms. The zero-order chi connectivity index (χ0) is 13.7. The summed E-state index contributed by atoms with van der Waals surface area (Å²) in [6, 6.07) is 7.00. The molecule has 1 rings (SSSR count). The molecule has 1 atom stereocenters. The minimum absolute atomic E-state index is 0.0387. The number of hydrogen-bond acceptors (Lipinski definition) is 2. The lowest BCUT2D eigenvalue weighted by Gasteiger charge is -2.27. The number of aliphatic carboxylic acids is 1. The molecule has 1 aromatic rings. The molecule has 0 spiro atoms. The fraction of sp³-hybridized carbons (Fsp3) is 0.385. The van der Waals surface area contributed by atoms with E-state index in [9.17, 15) is 9.59 Å². The van der Waals surface area contributed by atoms with E-state index in [0.29, 0.717) is 12.1 Å². The van der Waals surface area contributed by atoms with Crippen molar-refractivity contribution in [3.63, 3.8) is 0 Å². The highest BCUT2D eigenvalue weighted by molar-refractivity contribution is 14.1. The van der Waals surface area contributed by atoms with Gasteiger partial charge < -0.3 is 10.0 Å². The smallest absolute Gasteiger partial charge is 0.305 e. The minimum Gasteiger partial charge on any atom is -0.481 e. The summed E-state index contributed by atoms with van der Waals surface area (Å²) in [5, 5.41) is 8.80. The highest BCUT2D eigenvalue weighted by atomic mass is 127. The molecule has 0 heterocycles. The highest BCUT2D eigenvalue weighted by Gasteiger charge is 2.23. The Morgan fingerprint density at radius 2 is 2.00 bits per heavy atom. The molecular formula is C13H16INO3. The Morgan fingerprint density at radius 3 is 2.50 bits per heavy atom. The highest BCUT2D eigenvalue weighted by Crippen LogP contribution is 2.16. The number of hydrogen-bond donors (Lipinski definition) is 1. The van der Waals surface area contributed by atoms with Gasteiger partial charge in [-0.15, -0.1) is 0 Å². The Bertz CT molecular complexity index is 448. The molecule has 1 aromatic carbocycles. The third kappa shape index (κ3) is 3.69. The van der Waals surface area contributed by atoms with Crippen molar-refractivity contribution in [2.24, 2.45) is 0 Å². The van der Waals surface area contributed by atoms with Crippen LogP contribution in [-0.2, 0) is 4.79 Å². The van der Waals surface area contributed by atoms with Crippen LogP contribution in [0.5, 0.6) is 0 Å². The number of carboxylic acid groups (broad SMARTS) is 1. The second kappa shape index (κ2) is 6.72. The molecule has 4 nitrogen and oxygen atoms in total. The van der Waals surface area contributed by atoms with E-state index in [4.69, 9.17) is 5.11 Å². The molecule has 1 amide bonds. The van der Waals surface area contributed by atoms with Crippen molar-refractivity contribution in [2.75, 3.05) is 6.54 Å². The monoisotopic (exact) mass is 361 g/mol. The lowest BCUT2D eigenvalue weighted by atomic mass is 10.1. The molecule has 1 N–H and O–H groups in total. The Morgan fingerprint density at radius 1 is 1.39 bits per heavy atom. The molecular weight excluding hydrogens is 345 g/mol. The van der Waals surface area contributed by atoms with Crippen molar-refractivity contribution in [1.29, 1.82) is 0 Å². The summed E-state index contributed by atoms with van der Waals surface area (Å²) in [5.74, 6) is -1.01. The average Bonchev–Trinajstić information content (AvgIpc) is 2.29. The van der Waals surface area contributed by atoms with E-state index in [0.717, 1.165) is 3.57 Å². The van der Waals surface area contributed by atoms with Crippen LogP contribution in [0.3, 0.4) is 0 Å². The van der Waals surface area contributed by atoms with E-state index in [1.165, 1.54) is 0 Å². The topological polar surface area (TPSA) is 57.6 Å². The first-order valence-electron chi connectivity index (χ1n) is 5.74. The lowest BCUT2D eigenvalue weighted by molar-refractivity contribution is -0.138. The summed E-state index contributed by atoms with van der Waals surface area (Å²) < 4.78 is 0.876. The van der Waals surface area contributed by atoms with Gasteiger partial charge in [-0.25, -0.2) is 0 Å². The molecule has 0 aliphatic rings. The third-order valence-electron chi connectivity index (χ3n) is 2.71. The van der Waals surface area contributed by atoms with Crippen LogP contribution in [0.15, 0.2) is 24.3 Å². The van der Waals surface area contributed by atoms with Gasteiger partial charge in [0.25, 0.3) is 5.91 Å². The minimum atomic E-state index is -0.892. The second-order valence-corrected chi connectivity index (χ2v) is 5.18. The first kappa shape index (κ1) is 14.9. The molecule has 0 saturated carbocycles. The zero-order valence-electron chi connectivity index (χ0n) is 10.4. The van der Waals surface area contributed by atoms with Crippen LogP contribution >= 0.6 is 22.6 Å². The number of rotatable bonds is 5. The molecule has 18 heavy (non-hydrogen) atoms. The van der Waals surface area contributed by atoms with Gasteiger partial charge in [-0.2, -0.15) is 0 Å². The van der Waals surface area contributed by atoms with E-state index in [1.807, 2.05) is 25.1 Å². The number of carboxylic acids is 1. The van der Waals surface area contributed by atoms with Gasteiger partial charge in [0.2, 0.25) is 0 Å². The van der Waals surface area contributed by atoms with Crippen molar-refractivity contribution in [2.45, 2.75) is 26.3 Å². The molecule has 0 aliphatic carbocycles. The predicted molar refractivity (Wildman–Crippen MR) is 77.6 cm³/mol. The van der Waals surface area contributed by atoms with E-state index < -0.39 is 5.97 Å². The molecule has 0 saturated heterocycles. The van der Waals surface area contributed by atoms with E-state index in [1.54, 1.807) is 17.9 Å². The second-order valence-electron chi connectivity index (χ2n) is 4.02. The molecule has 98 valence electrons. The van der Waals surface area contributed by atoms with Gasteiger partial charge in [-0.05, 0) is 48.6 Å².